The second-order valence-corrected chi connectivity index (χ2v) is 5.84. The molecule has 2 aromatic rings. The number of aliphatic hydroxyl groups excluding tert-OH is 1. The van der Waals surface area contributed by atoms with E-state index < -0.39 is 6.10 Å². The van der Waals surface area contributed by atoms with E-state index in [2.05, 4.69) is 36.5 Å². The van der Waals surface area contributed by atoms with E-state index in [1.165, 1.54) is 0 Å². The third-order valence-corrected chi connectivity index (χ3v) is 3.93. The third kappa shape index (κ3) is 5.47. The van der Waals surface area contributed by atoms with Gasteiger partial charge >= 0.3 is 0 Å². The van der Waals surface area contributed by atoms with Gasteiger partial charge in [-0.2, -0.15) is 0 Å². The number of benzene rings is 2. The zero-order chi connectivity index (χ0) is 16.5. The molecule has 0 saturated heterocycles. The summed E-state index contributed by atoms with van der Waals surface area (Å²) in [4.78, 5) is 0. The molecule has 0 aliphatic carbocycles. The first-order chi connectivity index (χ1) is 11.2. The SMILES string of the molecule is CCCN[C@@H](C)[C@H](O)COC(c1ccccc1)c1ccccc1. The Morgan fingerprint density at radius 1 is 0.957 bits per heavy atom. The van der Waals surface area contributed by atoms with Crippen molar-refractivity contribution >= 4 is 0 Å². The first-order valence-electron chi connectivity index (χ1n) is 8.35. The van der Waals surface area contributed by atoms with Gasteiger partial charge in [0.2, 0.25) is 0 Å². The molecule has 2 N–H and O–H groups in total. The Morgan fingerprint density at radius 3 is 1.96 bits per heavy atom. The van der Waals surface area contributed by atoms with Crippen LogP contribution in [0.15, 0.2) is 60.7 Å². The summed E-state index contributed by atoms with van der Waals surface area (Å²) in [7, 11) is 0. The lowest BCUT2D eigenvalue weighted by Gasteiger charge is -2.24. The lowest BCUT2D eigenvalue weighted by Crippen LogP contribution is -2.40. The number of aliphatic hydroxyl groups is 1. The molecule has 0 fully saturated rings. The van der Waals surface area contributed by atoms with Gasteiger partial charge in [-0.1, -0.05) is 67.6 Å². The van der Waals surface area contributed by atoms with Crippen molar-refractivity contribution in [3.05, 3.63) is 71.8 Å². The van der Waals surface area contributed by atoms with Crippen LogP contribution in [0, 0.1) is 0 Å². The topological polar surface area (TPSA) is 41.5 Å². The van der Waals surface area contributed by atoms with E-state index in [0.717, 1.165) is 24.1 Å². The zero-order valence-electron chi connectivity index (χ0n) is 14.0. The van der Waals surface area contributed by atoms with E-state index in [9.17, 15) is 5.11 Å². The van der Waals surface area contributed by atoms with Crippen LogP contribution in [0.3, 0.4) is 0 Å². The molecule has 124 valence electrons. The quantitative estimate of drug-likeness (QED) is 0.744. The number of hydrogen-bond donors (Lipinski definition) is 2. The van der Waals surface area contributed by atoms with Crippen molar-refractivity contribution in [2.24, 2.45) is 0 Å². The molecule has 0 spiro atoms. The van der Waals surface area contributed by atoms with Gasteiger partial charge in [0, 0.05) is 6.04 Å². The maximum absolute atomic E-state index is 10.3. The largest absolute Gasteiger partial charge is 0.389 e. The van der Waals surface area contributed by atoms with E-state index in [0.29, 0.717) is 6.61 Å². The predicted molar refractivity (Wildman–Crippen MR) is 94.4 cm³/mol. The van der Waals surface area contributed by atoms with Gasteiger partial charge in [0.25, 0.3) is 0 Å². The van der Waals surface area contributed by atoms with Crippen molar-refractivity contribution in [1.82, 2.24) is 5.32 Å². The fourth-order valence-electron chi connectivity index (χ4n) is 2.49. The molecule has 0 amide bonds. The molecule has 23 heavy (non-hydrogen) atoms. The number of ether oxygens (including phenoxy) is 1. The van der Waals surface area contributed by atoms with Crippen molar-refractivity contribution in [2.45, 2.75) is 38.5 Å². The molecule has 0 bridgehead atoms. The van der Waals surface area contributed by atoms with E-state index >= 15 is 0 Å². The highest BCUT2D eigenvalue weighted by molar-refractivity contribution is 5.29. The maximum atomic E-state index is 10.3. The first kappa shape index (κ1) is 17.7. The Labute approximate surface area is 139 Å². The summed E-state index contributed by atoms with van der Waals surface area (Å²) in [5.74, 6) is 0. The molecule has 0 aromatic heterocycles. The van der Waals surface area contributed by atoms with Gasteiger partial charge in [0.1, 0.15) is 6.10 Å². The van der Waals surface area contributed by atoms with Gasteiger partial charge in [0.05, 0.1) is 12.7 Å². The van der Waals surface area contributed by atoms with Gasteiger partial charge in [-0.3, -0.25) is 0 Å². The van der Waals surface area contributed by atoms with Crippen molar-refractivity contribution in [2.75, 3.05) is 13.2 Å². The minimum Gasteiger partial charge on any atom is -0.389 e. The Kier molecular flexibility index (Phi) is 7.27. The highest BCUT2D eigenvalue weighted by Crippen LogP contribution is 2.26. The number of nitrogens with one attached hydrogen (secondary N) is 1. The summed E-state index contributed by atoms with van der Waals surface area (Å²) in [6.45, 7) is 5.30. The average molecular weight is 313 g/mol. The van der Waals surface area contributed by atoms with Crippen molar-refractivity contribution in [3.8, 4) is 0 Å². The molecule has 0 unspecified atom stereocenters. The molecule has 0 radical (unpaired) electrons. The van der Waals surface area contributed by atoms with Crippen LogP contribution in [0.4, 0.5) is 0 Å². The summed E-state index contributed by atoms with van der Waals surface area (Å²) in [5.41, 5.74) is 2.19. The minimum atomic E-state index is -0.531. The fourth-order valence-corrected chi connectivity index (χ4v) is 2.49. The fraction of sp³-hybridized carbons (Fsp3) is 0.400. The summed E-state index contributed by atoms with van der Waals surface area (Å²) >= 11 is 0. The van der Waals surface area contributed by atoms with E-state index in [1.54, 1.807) is 0 Å². The van der Waals surface area contributed by atoms with Gasteiger partial charge < -0.3 is 15.2 Å². The van der Waals surface area contributed by atoms with Gasteiger partial charge in [-0.15, -0.1) is 0 Å². The molecule has 2 aromatic carbocycles. The van der Waals surface area contributed by atoms with Crippen LogP contribution in [-0.2, 0) is 4.74 Å². The molecule has 2 rings (SSSR count). The molecule has 3 heteroatoms. The lowest BCUT2D eigenvalue weighted by atomic mass is 10.0. The molecule has 0 aliphatic heterocycles. The van der Waals surface area contributed by atoms with Crippen LogP contribution in [0.5, 0.6) is 0 Å². The van der Waals surface area contributed by atoms with Crippen LogP contribution < -0.4 is 5.32 Å². The van der Waals surface area contributed by atoms with Crippen LogP contribution in [0.2, 0.25) is 0 Å². The van der Waals surface area contributed by atoms with Crippen LogP contribution >= 0.6 is 0 Å². The minimum absolute atomic E-state index is 0.0159. The smallest absolute Gasteiger partial charge is 0.108 e. The third-order valence-electron chi connectivity index (χ3n) is 3.93. The van der Waals surface area contributed by atoms with Gasteiger partial charge in [-0.25, -0.2) is 0 Å². The molecule has 2 atom stereocenters. The van der Waals surface area contributed by atoms with Crippen molar-refractivity contribution in [1.29, 1.82) is 0 Å². The Hall–Kier alpha value is -1.68. The zero-order valence-corrected chi connectivity index (χ0v) is 14.0. The van der Waals surface area contributed by atoms with Gasteiger partial charge in [-0.05, 0) is 31.0 Å². The Morgan fingerprint density at radius 2 is 1.48 bits per heavy atom. The number of hydrogen-bond acceptors (Lipinski definition) is 3. The number of rotatable bonds is 9. The Balaban J connectivity index is 2.04. The second-order valence-electron chi connectivity index (χ2n) is 5.84. The summed E-state index contributed by atoms with van der Waals surface area (Å²) in [5, 5.41) is 13.6. The second kappa shape index (κ2) is 9.46. The highest BCUT2D eigenvalue weighted by Gasteiger charge is 2.19. The summed E-state index contributed by atoms with van der Waals surface area (Å²) in [6.07, 6.45) is 0.357. The Bertz CT molecular complexity index is 505. The van der Waals surface area contributed by atoms with Crippen LogP contribution in [-0.4, -0.2) is 30.4 Å². The molecular weight excluding hydrogens is 286 g/mol. The predicted octanol–water partition coefficient (Wildman–Crippen LogP) is 3.54. The lowest BCUT2D eigenvalue weighted by molar-refractivity contribution is -0.00698. The van der Waals surface area contributed by atoms with E-state index in [4.69, 9.17) is 4.74 Å². The van der Waals surface area contributed by atoms with E-state index in [-0.39, 0.29) is 12.1 Å². The molecule has 0 heterocycles. The monoisotopic (exact) mass is 313 g/mol. The standard InChI is InChI=1S/C20H27NO2/c1-3-14-21-16(2)19(22)15-23-20(17-10-6-4-7-11-17)18-12-8-5-9-13-18/h4-13,16,19-22H,3,14-15H2,1-2H3/t16-,19+/m0/s1. The van der Waals surface area contributed by atoms with Crippen LogP contribution in [0.1, 0.15) is 37.5 Å². The molecular formula is C20H27NO2. The maximum Gasteiger partial charge on any atom is 0.108 e. The molecule has 0 aliphatic rings. The normalized spacial score (nSPS) is 13.9. The van der Waals surface area contributed by atoms with Gasteiger partial charge in [0.15, 0.2) is 0 Å². The average Bonchev–Trinajstić information content (AvgIpc) is 2.61. The molecule has 3 nitrogen and oxygen atoms in total. The first-order valence-corrected chi connectivity index (χ1v) is 8.35. The van der Waals surface area contributed by atoms with E-state index in [1.807, 2.05) is 43.3 Å². The van der Waals surface area contributed by atoms with Crippen LogP contribution in [0.25, 0.3) is 0 Å². The highest BCUT2D eigenvalue weighted by atomic mass is 16.5. The van der Waals surface area contributed by atoms with Crippen molar-refractivity contribution < 1.29 is 9.84 Å². The molecule has 0 saturated carbocycles. The summed E-state index contributed by atoms with van der Waals surface area (Å²) in [6, 6.07) is 20.3. The summed E-state index contributed by atoms with van der Waals surface area (Å²) < 4.78 is 6.09. The van der Waals surface area contributed by atoms with Crippen molar-refractivity contribution in [3.63, 3.8) is 0 Å².